The molecule has 178 valence electrons. The Morgan fingerprint density at radius 3 is 2.52 bits per heavy atom. The number of urea groups is 1. The van der Waals surface area contributed by atoms with Crippen molar-refractivity contribution in [3.05, 3.63) is 41.1 Å². The number of methoxy groups -OCH3 is 2. The molecule has 1 aromatic rings. The molecule has 0 radical (unpaired) electrons. The summed E-state index contributed by atoms with van der Waals surface area (Å²) in [5.41, 5.74) is 1.20. The van der Waals surface area contributed by atoms with Gasteiger partial charge in [-0.1, -0.05) is 12.1 Å². The number of rotatable bonds is 8. The van der Waals surface area contributed by atoms with E-state index in [-0.39, 0.29) is 31.1 Å². The molecule has 3 rings (SSSR count). The lowest BCUT2D eigenvalue weighted by atomic mass is 9.94. The summed E-state index contributed by atoms with van der Waals surface area (Å²) in [6, 6.07) is 4.90. The number of nitrogens with one attached hydrogen (secondary N) is 3. The van der Waals surface area contributed by atoms with Crippen molar-refractivity contribution in [1.82, 2.24) is 20.9 Å². The van der Waals surface area contributed by atoms with Crippen molar-refractivity contribution in [3.8, 4) is 5.75 Å². The van der Waals surface area contributed by atoms with Gasteiger partial charge in [0.1, 0.15) is 11.8 Å². The number of esters is 2. The van der Waals surface area contributed by atoms with Crippen LogP contribution in [0.25, 0.3) is 0 Å². The largest absolute Gasteiger partial charge is 0.497 e. The number of hydrogen-bond acceptors (Lipinski definition) is 8. The van der Waals surface area contributed by atoms with Gasteiger partial charge in [-0.3, -0.25) is 14.5 Å². The Bertz CT molecular complexity index is 945. The maximum absolute atomic E-state index is 13.0. The lowest BCUT2D eigenvalue weighted by Gasteiger charge is -2.37. The summed E-state index contributed by atoms with van der Waals surface area (Å²) >= 11 is 0. The molecule has 2 unspecified atom stereocenters. The second-order valence-corrected chi connectivity index (χ2v) is 7.47. The van der Waals surface area contributed by atoms with Gasteiger partial charge in [0.05, 0.1) is 38.9 Å². The third-order valence-corrected chi connectivity index (χ3v) is 5.49. The van der Waals surface area contributed by atoms with E-state index in [0.29, 0.717) is 30.1 Å². The number of carbonyl (C=O) groups excluding carboxylic acids is 4. The van der Waals surface area contributed by atoms with Gasteiger partial charge in [0, 0.05) is 25.3 Å². The number of benzene rings is 1. The average molecular weight is 460 g/mol. The Balaban J connectivity index is 1.99. The van der Waals surface area contributed by atoms with Gasteiger partial charge in [-0.2, -0.15) is 0 Å². The summed E-state index contributed by atoms with van der Waals surface area (Å²) in [4.78, 5) is 51.5. The molecular weight excluding hydrogens is 432 g/mol. The fourth-order valence-electron chi connectivity index (χ4n) is 3.86. The molecule has 3 N–H and O–H groups in total. The number of carbonyl (C=O) groups is 4. The first-order valence-corrected chi connectivity index (χ1v) is 10.6. The van der Waals surface area contributed by atoms with Crippen LogP contribution in [-0.4, -0.2) is 75.3 Å². The molecule has 11 nitrogen and oxygen atoms in total. The van der Waals surface area contributed by atoms with Crippen molar-refractivity contribution < 1.29 is 33.4 Å². The van der Waals surface area contributed by atoms with Gasteiger partial charge >= 0.3 is 18.0 Å². The first kappa shape index (κ1) is 24.1. The fourth-order valence-corrected chi connectivity index (χ4v) is 3.86. The zero-order valence-electron chi connectivity index (χ0n) is 18.8. The molecular formula is C22H28N4O7. The molecule has 11 heteroatoms. The van der Waals surface area contributed by atoms with Crippen molar-refractivity contribution >= 4 is 23.9 Å². The number of nitrogens with zero attached hydrogens (tertiary/aromatic N) is 1. The van der Waals surface area contributed by atoms with Crippen LogP contribution in [0.1, 0.15) is 24.9 Å². The standard InChI is InChI=1S/C22H28N4O7/c1-4-33-21(29)18-15(12-26-10-9-23-20(28)16(26)11-17(27)32-3)24-22(30)25-19(18)13-5-7-14(31-2)8-6-13/h5-8,16,19H,4,9-12H2,1-3H3,(H,23,28)(H2,24,25,30). The number of amides is 3. The van der Waals surface area contributed by atoms with E-state index in [1.54, 1.807) is 43.2 Å². The third-order valence-electron chi connectivity index (χ3n) is 5.49. The Hall–Kier alpha value is -3.60. The maximum atomic E-state index is 13.0. The Morgan fingerprint density at radius 2 is 1.88 bits per heavy atom. The van der Waals surface area contributed by atoms with Gasteiger partial charge < -0.3 is 30.2 Å². The zero-order chi connectivity index (χ0) is 24.0. The number of piperazine rings is 1. The molecule has 1 fully saturated rings. The summed E-state index contributed by atoms with van der Waals surface area (Å²) in [6.45, 7) is 2.69. The van der Waals surface area contributed by atoms with E-state index in [1.165, 1.54) is 7.11 Å². The van der Waals surface area contributed by atoms with E-state index in [4.69, 9.17) is 14.2 Å². The molecule has 2 heterocycles. The predicted octanol–water partition coefficient (Wildman–Crippen LogP) is 0.230. The van der Waals surface area contributed by atoms with Gasteiger partial charge in [0.15, 0.2) is 0 Å². The van der Waals surface area contributed by atoms with E-state index in [1.807, 2.05) is 0 Å². The highest BCUT2D eigenvalue weighted by Gasteiger charge is 2.37. The SMILES string of the molecule is CCOC(=O)C1=C(CN2CCNC(=O)C2CC(=O)OC)NC(=O)NC1c1ccc(OC)cc1. The van der Waals surface area contributed by atoms with Crippen LogP contribution in [0.15, 0.2) is 35.5 Å². The van der Waals surface area contributed by atoms with Crippen molar-refractivity contribution in [3.63, 3.8) is 0 Å². The Kier molecular flexibility index (Phi) is 7.88. The van der Waals surface area contributed by atoms with E-state index < -0.39 is 30.1 Å². The van der Waals surface area contributed by atoms with Crippen LogP contribution >= 0.6 is 0 Å². The van der Waals surface area contributed by atoms with Crippen LogP contribution in [0, 0.1) is 0 Å². The molecule has 33 heavy (non-hydrogen) atoms. The zero-order valence-corrected chi connectivity index (χ0v) is 18.8. The second kappa shape index (κ2) is 10.8. The van der Waals surface area contributed by atoms with E-state index in [0.717, 1.165) is 0 Å². The van der Waals surface area contributed by atoms with Crippen molar-refractivity contribution in [1.29, 1.82) is 0 Å². The highest BCUT2D eigenvalue weighted by molar-refractivity contribution is 5.95. The Labute approximate surface area is 191 Å². The summed E-state index contributed by atoms with van der Waals surface area (Å²) in [5, 5.41) is 8.19. The first-order chi connectivity index (χ1) is 15.9. The molecule has 0 aliphatic carbocycles. The fraction of sp³-hybridized carbons (Fsp3) is 0.455. The smallest absolute Gasteiger partial charge is 0.338 e. The van der Waals surface area contributed by atoms with Gasteiger partial charge in [-0.15, -0.1) is 0 Å². The van der Waals surface area contributed by atoms with Crippen LogP contribution in [0.4, 0.5) is 4.79 Å². The molecule has 2 atom stereocenters. The van der Waals surface area contributed by atoms with Crippen LogP contribution in [-0.2, 0) is 23.9 Å². The molecule has 2 aliphatic heterocycles. The van der Waals surface area contributed by atoms with Crippen molar-refractivity contribution in [2.75, 3.05) is 40.5 Å². The van der Waals surface area contributed by atoms with Gasteiger partial charge in [-0.05, 0) is 24.6 Å². The lowest BCUT2D eigenvalue weighted by Crippen LogP contribution is -2.58. The van der Waals surface area contributed by atoms with Crippen LogP contribution < -0.4 is 20.7 Å². The van der Waals surface area contributed by atoms with Gasteiger partial charge in [0.2, 0.25) is 5.91 Å². The summed E-state index contributed by atoms with van der Waals surface area (Å²) < 4.78 is 15.2. The normalized spacial score (nSPS) is 20.9. The van der Waals surface area contributed by atoms with Gasteiger partial charge in [0.25, 0.3) is 0 Å². The summed E-state index contributed by atoms with van der Waals surface area (Å²) in [6.07, 6.45) is -0.154. The van der Waals surface area contributed by atoms with Crippen molar-refractivity contribution in [2.24, 2.45) is 0 Å². The summed E-state index contributed by atoms with van der Waals surface area (Å²) in [5.74, 6) is -0.818. The molecule has 0 aromatic heterocycles. The predicted molar refractivity (Wildman–Crippen MR) is 116 cm³/mol. The minimum atomic E-state index is -0.798. The first-order valence-electron chi connectivity index (χ1n) is 10.6. The highest BCUT2D eigenvalue weighted by Crippen LogP contribution is 2.30. The number of ether oxygens (including phenoxy) is 3. The molecule has 3 amide bonds. The van der Waals surface area contributed by atoms with Crippen molar-refractivity contribution in [2.45, 2.75) is 25.4 Å². The second-order valence-electron chi connectivity index (χ2n) is 7.47. The van der Waals surface area contributed by atoms with Gasteiger partial charge in [-0.25, -0.2) is 9.59 Å². The molecule has 1 saturated heterocycles. The lowest BCUT2D eigenvalue weighted by molar-refractivity contribution is -0.145. The van der Waals surface area contributed by atoms with Crippen LogP contribution in [0.5, 0.6) is 5.75 Å². The van der Waals surface area contributed by atoms with E-state index in [9.17, 15) is 19.2 Å². The van der Waals surface area contributed by atoms with E-state index in [2.05, 4.69) is 16.0 Å². The molecule has 0 saturated carbocycles. The minimum absolute atomic E-state index is 0.0588. The minimum Gasteiger partial charge on any atom is -0.497 e. The highest BCUT2D eigenvalue weighted by atomic mass is 16.5. The molecule has 1 aromatic carbocycles. The van der Waals surface area contributed by atoms with Crippen LogP contribution in [0.3, 0.4) is 0 Å². The molecule has 0 bridgehead atoms. The molecule has 2 aliphatic rings. The number of hydrogen-bond donors (Lipinski definition) is 3. The quantitative estimate of drug-likeness (QED) is 0.469. The molecule has 0 spiro atoms. The summed E-state index contributed by atoms with van der Waals surface area (Å²) in [7, 11) is 2.80. The van der Waals surface area contributed by atoms with E-state index >= 15 is 0 Å². The monoisotopic (exact) mass is 460 g/mol. The van der Waals surface area contributed by atoms with Crippen LogP contribution in [0.2, 0.25) is 0 Å². The topological polar surface area (TPSA) is 135 Å². The maximum Gasteiger partial charge on any atom is 0.338 e. The third kappa shape index (κ3) is 5.61. The average Bonchev–Trinajstić information content (AvgIpc) is 2.81. The Morgan fingerprint density at radius 1 is 1.15 bits per heavy atom.